The van der Waals surface area contributed by atoms with Gasteiger partial charge < -0.3 is 20.3 Å². The summed E-state index contributed by atoms with van der Waals surface area (Å²) >= 11 is 0. The minimum Gasteiger partial charge on any atom is -0.372 e. The molecule has 6 heteroatoms. The molecule has 6 nitrogen and oxygen atoms in total. The fourth-order valence-corrected chi connectivity index (χ4v) is 3.23. The Morgan fingerprint density at radius 2 is 1.24 bits per heavy atom. The molecule has 0 fully saturated rings. The molecule has 1 amide bonds. The smallest absolute Gasteiger partial charge is 0.253 e. The first-order chi connectivity index (χ1) is 16.0. The van der Waals surface area contributed by atoms with Crippen molar-refractivity contribution in [1.82, 2.24) is 15.5 Å². The van der Waals surface area contributed by atoms with Crippen LogP contribution in [0.25, 0.3) is 0 Å². The Bertz CT molecular complexity index is 1030. The molecule has 0 saturated carbocycles. The van der Waals surface area contributed by atoms with Crippen molar-refractivity contribution in [3.63, 3.8) is 0 Å². The second-order valence-electron chi connectivity index (χ2n) is 7.97. The number of guanidine groups is 1. The summed E-state index contributed by atoms with van der Waals surface area (Å²) in [7, 11) is 5.25. The molecule has 0 heterocycles. The Hall–Kier alpha value is -3.64. The number of carbonyl (C=O) groups excluding carboxylic acids is 1. The Morgan fingerprint density at radius 1 is 0.758 bits per heavy atom. The third-order valence-corrected chi connectivity index (χ3v) is 5.15. The number of benzene rings is 3. The van der Waals surface area contributed by atoms with E-state index in [0.29, 0.717) is 31.9 Å². The van der Waals surface area contributed by atoms with Gasteiger partial charge in [0.1, 0.15) is 0 Å². The zero-order valence-corrected chi connectivity index (χ0v) is 19.5. The van der Waals surface area contributed by atoms with Gasteiger partial charge in [-0.15, -0.1) is 0 Å². The van der Waals surface area contributed by atoms with Crippen LogP contribution in [0.3, 0.4) is 0 Å². The van der Waals surface area contributed by atoms with E-state index < -0.39 is 0 Å². The highest BCUT2D eigenvalue weighted by atomic mass is 16.5. The average Bonchev–Trinajstić information content (AvgIpc) is 2.85. The summed E-state index contributed by atoms with van der Waals surface area (Å²) in [6, 6.07) is 26.2. The Morgan fingerprint density at radius 3 is 1.76 bits per heavy atom. The van der Waals surface area contributed by atoms with Gasteiger partial charge in [0, 0.05) is 39.8 Å². The lowest BCUT2D eigenvalue weighted by Crippen LogP contribution is -2.36. The normalized spacial score (nSPS) is 11.2. The minimum atomic E-state index is 0.000705. The zero-order chi connectivity index (χ0) is 23.5. The first-order valence-corrected chi connectivity index (χ1v) is 11.0. The van der Waals surface area contributed by atoms with E-state index in [9.17, 15) is 4.79 Å². The molecule has 3 aromatic carbocycles. The van der Waals surface area contributed by atoms with E-state index in [1.165, 1.54) is 5.56 Å². The molecule has 3 aromatic rings. The summed E-state index contributed by atoms with van der Waals surface area (Å²) in [6.07, 6.45) is 0. The van der Waals surface area contributed by atoms with E-state index in [2.05, 4.69) is 52.0 Å². The summed E-state index contributed by atoms with van der Waals surface area (Å²) in [6.45, 7) is 2.49. The van der Waals surface area contributed by atoms with Crippen LogP contribution in [0.2, 0.25) is 0 Å². The summed E-state index contributed by atoms with van der Waals surface area (Å²) in [5, 5.41) is 6.64. The van der Waals surface area contributed by atoms with Gasteiger partial charge >= 0.3 is 0 Å². The molecule has 0 radical (unpaired) electrons. The monoisotopic (exact) mass is 444 g/mol. The molecule has 172 valence electrons. The third kappa shape index (κ3) is 7.77. The topological polar surface area (TPSA) is 66.0 Å². The molecular weight excluding hydrogens is 412 g/mol. The zero-order valence-electron chi connectivity index (χ0n) is 19.5. The molecule has 0 saturated heterocycles. The Balaban J connectivity index is 1.41. The maximum absolute atomic E-state index is 12.0. The van der Waals surface area contributed by atoms with E-state index in [1.807, 2.05) is 42.5 Å². The van der Waals surface area contributed by atoms with Crippen molar-refractivity contribution in [3.8, 4) is 0 Å². The van der Waals surface area contributed by atoms with Crippen LogP contribution < -0.4 is 10.6 Å². The van der Waals surface area contributed by atoms with E-state index in [-0.39, 0.29) is 5.91 Å². The largest absolute Gasteiger partial charge is 0.372 e. The van der Waals surface area contributed by atoms with E-state index in [1.54, 1.807) is 26.0 Å². The molecule has 0 spiro atoms. The lowest BCUT2D eigenvalue weighted by Gasteiger charge is -2.13. The molecule has 2 N–H and O–H groups in total. The van der Waals surface area contributed by atoms with Gasteiger partial charge in [-0.3, -0.25) is 9.79 Å². The molecule has 0 unspecified atom stereocenters. The van der Waals surface area contributed by atoms with Gasteiger partial charge in [0.2, 0.25) is 0 Å². The number of rotatable bonds is 9. The van der Waals surface area contributed by atoms with Crippen molar-refractivity contribution >= 4 is 11.9 Å². The van der Waals surface area contributed by atoms with Gasteiger partial charge in [-0.2, -0.15) is 0 Å². The highest BCUT2D eigenvalue weighted by molar-refractivity contribution is 5.93. The van der Waals surface area contributed by atoms with Crippen molar-refractivity contribution < 1.29 is 9.53 Å². The highest BCUT2D eigenvalue weighted by Crippen LogP contribution is 2.09. The molecule has 0 atom stereocenters. The van der Waals surface area contributed by atoms with E-state index in [0.717, 1.165) is 22.6 Å². The van der Waals surface area contributed by atoms with Crippen LogP contribution in [0, 0.1) is 0 Å². The second kappa shape index (κ2) is 12.4. The summed E-state index contributed by atoms with van der Waals surface area (Å²) in [4.78, 5) is 17.9. The first-order valence-electron chi connectivity index (χ1n) is 11.0. The van der Waals surface area contributed by atoms with Crippen LogP contribution in [0.5, 0.6) is 0 Å². The number of hydrogen-bond donors (Lipinski definition) is 2. The van der Waals surface area contributed by atoms with Crippen LogP contribution in [-0.2, 0) is 31.0 Å². The van der Waals surface area contributed by atoms with Crippen LogP contribution in [-0.4, -0.2) is 37.9 Å². The lowest BCUT2D eigenvalue weighted by atomic mass is 10.1. The minimum absolute atomic E-state index is 0.000705. The number of ether oxygens (including phenoxy) is 1. The van der Waals surface area contributed by atoms with E-state index >= 15 is 0 Å². The van der Waals surface area contributed by atoms with Crippen LogP contribution in [0.15, 0.2) is 83.9 Å². The molecule has 3 rings (SSSR count). The van der Waals surface area contributed by atoms with Crippen LogP contribution in [0.1, 0.15) is 32.6 Å². The average molecular weight is 445 g/mol. The molecule has 0 aliphatic heterocycles. The number of aliphatic imine (C=N–C) groups is 1. The van der Waals surface area contributed by atoms with Crippen molar-refractivity contribution in [2.45, 2.75) is 26.3 Å². The molecule has 0 bridgehead atoms. The number of nitrogens with zero attached hydrogens (tertiary/aromatic N) is 2. The Labute approximate surface area is 196 Å². The van der Waals surface area contributed by atoms with Gasteiger partial charge in [0.25, 0.3) is 5.91 Å². The maximum Gasteiger partial charge on any atom is 0.253 e. The van der Waals surface area contributed by atoms with Crippen LogP contribution in [0.4, 0.5) is 0 Å². The molecule has 33 heavy (non-hydrogen) atoms. The fourth-order valence-electron chi connectivity index (χ4n) is 3.23. The predicted molar refractivity (Wildman–Crippen MR) is 133 cm³/mol. The van der Waals surface area contributed by atoms with Gasteiger partial charge in [0.05, 0.1) is 13.2 Å². The quantitative estimate of drug-likeness (QED) is 0.387. The van der Waals surface area contributed by atoms with Crippen molar-refractivity contribution in [2.24, 2.45) is 4.99 Å². The van der Waals surface area contributed by atoms with Crippen molar-refractivity contribution in [3.05, 3.63) is 107 Å². The van der Waals surface area contributed by atoms with Gasteiger partial charge in [-0.05, 0) is 34.4 Å². The van der Waals surface area contributed by atoms with Gasteiger partial charge in [-0.1, -0.05) is 66.7 Å². The maximum atomic E-state index is 12.0. The van der Waals surface area contributed by atoms with Gasteiger partial charge in [-0.25, -0.2) is 0 Å². The van der Waals surface area contributed by atoms with E-state index in [4.69, 9.17) is 4.74 Å². The molecule has 0 aliphatic carbocycles. The van der Waals surface area contributed by atoms with Crippen molar-refractivity contribution in [1.29, 1.82) is 0 Å². The standard InChI is InChI=1S/C27H32N4O2/c1-28-27(30-18-22-13-15-25(16-14-22)26(32)31(2)3)29-17-21-9-11-24(12-10-21)20-33-19-23-7-5-4-6-8-23/h4-16H,17-20H2,1-3H3,(H2,28,29,30). The molecule has 0 aliphatic rings. The second-order valence-corrected chi connectivity index (χ2v) is 7.97. The third-order valence-electron chi connectivity index (χ3n) is 5.15. The summed E-state index contributed by atoms with van der Waals surface area (Å²) in [5.41, 5.74) is 5.24. The number of nitrogens with one attached hydrogen (secondary N) is 2. The van der Waals surface area contributed by atoms with Gasteiger partial charge in [0.15, 0.2) is 5.96 Å². The molecule has 0 aromatic heterocycles. The first kappa shape index (κ1) is 24.0. The number of carbonyl (C=O) groups is 1. The Kier molecular flexibility index (Phi) is 9.03. The van der Waals surface area contributed by atoms with Crippen LogP contribution >= 0.6 is 0 Å². The lowest BCUT2D eigenvalue weighted by molar-refractivity contribution is 0.0827. The SMILES string of the molecule is CN=C(NCc1ccc(COCc2ccccc2)cc1)NCc1ccc(C(=O)N(C)C)cc1. The summed E-state index contributed by atoms with van der Waals surface area (Å²) in [5.74, 6) is 0.722. The highest BCUT2D eigenvalue weighted by Gasteiger charge is 2.07. The number of amides is 1. The molecular formula is C27H32N4O2. The number of hydrogen-bond acceptors (Lipinski definition) is 3. The fraction of sp³-hybridized carbons (Fsp3) is 0.259. The predicted octanol–water partition coefficient (Wildman–Crippen LogP) is 3.97. The van der Waals surface area contributed by atoms with Crippen molar-refractivity contribution in [2.75, 3.05) is 21.1 Å². The summed E-state index contributed by atoms with van der Waals surface area (Å²) < 4.78 is 5.80.